The molecule has 0 saturated heterocycles. The van der Waals surface area contributed by atoms with Crippen molar-refractivity contribution in [1.29, 1.82) is 0 Å². The summed E-state index contributed by atoms with van der Waals surface area (Å²) in [6, 6.07) is 7.33. The highest BCUT2D eigenvalue weighted by Crippen LogP contribution is 2.62. The maximum atomic E-state index is 10.8. The van der Waals surface area contributed by atoms with E-state index in [-0.39, 0.29) is 16.0 Å². The van der Waals surface area contributed by atoms with E-state index in [9.17, 15) is 10.1 Å². The van der Waals surface area contributed by atoms with Crippen LogP contribution in [0.15, 0.2) is 36.4 Å². The molecule has 4 fully saturated rings. The van der Waals surface area contributed by atoms with Crippen molar-refractivity contribution in [3.63, 3.8) is 0 Å². The Morgan fingerprint density at radius 2 is 1.70 bits per heavy atom. The quantitative estimate of drug-likeness (QED) is 0.458. The molecule has 4 aliphatic carbocycles. The molecule has 2 unspecified atom stereocenters. The molecule has 1 aromatic carbocycles. The summed E-state index contributed by atoms with van der Waals surface area (Å²) in [7, 11) is 0. The van der Waals surface area contributed by atoms with Gasteiger partial charge in [0, 0.05) is 12.1 Å². The third kappa shape index (κ3) is 1.58. The van der Waals surface area contributed by atoms with Crippen LogP contribution in [-0.2, 0) is 5.41 Å². The van der Waals surface area contributed by atoms with Crippen LogP contribution in [0.25, 0.3) is 0 Å². The number of allylic oxidation sites excluding steroid dienone is 1. The first-order valence-corrected chi connectivity index (χ1v) is 7.51. The molecule has 5 rings (SSSR count). The molecule has 0 spiro atoms. The average molecular weight is 269 g/mol. The van der Waals surface area contributed by atoms with Crippen molar-refractivity contribution in [2.75, 3.05) is 0 Å². The molecule has 4 atom stereocenters. The molecular weight excluding hydrogens is 250 g/mol. The minimum Gasteiger partial charge on any atom is -0.258 e. The van der Waals surface area contributed by atoms with Crippen LogP contribution in [0.5, 0.6) is 0 Å². The van der Waals surface area contributed by atoms with Gasteiger partial charge in [-0.15, -0.1) is 0 Å². The van der Waals surface area contributed by atoms with Gasteiger partial charge >= 0.3 is 0 Å². The highest BCUT2D eigenvalue weighted by Gasteiger charge is 2.53. The third-order valence-corrected chi connectivity index (χ3v) is 5.93. The van der Waals surface area contributed by atoms with Gasteiger partial charge in [-0.05, 0) is 60.8 Å². The van der Waals surface area contributed by atoms with Crippen LogP contribution in [0.3, 0.4) is 0 Å². The van der Waals surface area contributed by atoms with Crippen LogP contribution in [0.2, 0.25) is 0 Å². The molecule has 0 amide bonds. The van der Waals surface area contributed by atoms with Crippen molar-refractivity contribution in [2.24, 2.45) is 17.8 Å². The zero-order valence-corrected chi connectivity index (χ0v) is 11.5. The largest absolute Gasteiger partial charge is 0.269 e. The Balaban J connectivity index is 1.71. The molecule has 0 aliphatic heterocycles. The van der Waals surface area contributed by atoms with E-state index in [1.165, 1.54) is 43.2 Å². The lowest BCUT2D eigenvalue weighted by Crippen LogP contribution is -2.49. The lowest BCUT2D eigenvalue weighted by atomic mass is 9.47. The number of non-ortho nitro benzene ring substituents is 1. The summed E-state index contributed by atoms with van der Waals surface area (Å²) < 4.78 is 0. The van der Waals surface area contributed by atoms with Gasteiger partial charge < -0.3 is 0 Å². The van der Waals surface area contributed by atoms with Crippen LogP contribution in [0.4, 0.5) is 5.69 Å². The van der Waals surface area contributed by atoms with E-state index in [0.717, 1.165) is 5.92 Å². The maximum absolute atomic E-state index is 10.8. The van der Waals surface area contributed by atoms with Gasteiger partial charge in [0.05, 0.1) is 4.92 Å². The van der Waals surface area contributed by atoms with E-state index in [1.54, 1.807) is 12.1 Å². The average Bonchev–Trinajstić information content (AvgIpc) is 2.44. The first-order chi connectivity index (χ1) is 9.57. The fraction of sp³-hybridized carbons (Fsp3) is 0.529. The number of hydrogen-bond acceptors (Lipinski definition) is 2. The second kappa shape index (κ2) is 3.94. The first kappa shape index (κ1) is 12.1. The summed E-state index contributed by atoms with van der Waals surface area (Å²) in [4.78, 5) is 10.5. The molecule has 0 N–H and O–H groups in total. The van der Waals surface area contributed by atoms with E-state index in [4.69, 9.17) is 0 Å². The molecule has 0 heterocycles. The molecule has 0 radical (unpaired) electrons. The number of nitro benzene ring substituents is 1. The Morgan fingerprint density at radius 3 is 2.25 bits per heavy atom. The van der Waals surface area contributed by atoms with Gasteiger partial charge in [0.15, 0.2) is 0 Å². The number of benzene rings is 1. The Morgan fingerprint density at radius 1 is 1.10 bits per heavy atom. The summed E-state index contributed by atoms with van der Waals surface area (Å²) in [5, 5.41) is 10.8. The van der Waals surface area contributed by atoms with Crippen molar-refractivity contribution >= 4 is 5.69 Å². The summed E-state index contributed by atoms with van der Waals surface area (Å²) in [5.74, 6) is 2.22. The van der Waals surface area contributed by atoms with Gasteiger partial charge in [-0.2, -0.15) is 0 Å². The van der Waals surface area contributed by atoms with Crippen molar-refractivity contribution in [1.82, 2.24) is 0 Å². The van der Waals surface area contributed by atoms with Crippen molar-refractivity contribution in [3.8, 4) is 0 Å². The Hall–Kier alpha value is -1.64. The third-order valence-electron chi connectivity index (χ3n) is 5.93. The smallest absolute Gasteiger partial charge is 0.258 e. The van der Waals surface area contributed by atoms with Crippen molar-refractivity contribution < 1.29 is 4.92 Å². The number of rotatable bonds is 2. The molecule has 4 aliphatic rings. The van der Waals surface area contributed by atoms with Crippen LogP contribution in [0.1, 0.15) is 37.7 Å². The summed E-state index contributed by atoms with van der Waals surface area (Å²) in [6.07, 6.45) is 6.33. The summed E-state index contributed by atoms with van der Waals surface area (Å²) in [5.41, 5.74) is 3.27. The molecular formula is C17H19NO2. The monoisotopic (exact) mass is 269 g/mol. The van der Waals surface area contributed by atoms with Crippen LogP contribution >= 0.6 is 0 Å². The topological polar surface area (TPSA) is 43.1 Å². The van der Waals surface area contributed by atoms with Gasteiger partial charge in [-0.25, -0.2) is 0 Å². The summed E-state index contributed by atoms with van der Waals surface area (Å²) >= 11 is 0. The van der Waals surface area contributed by atoms with E-state index in [2.05, 4.69) is 6.58 Å². The summed E-state index contributed by atoms with van der Waals surface area (Å²) in [6.45, 7) is 4.33. The fourth-order valence-electron chi connectivity index (χ4n) is 5.17. The number of hydrogen-bond donors (Lipinski definition) is 0. The van der Waals surface area contributed by atoms with Gasteiger partial charge in [-0.3, -0.25) is 10.1 Å². The lowest BCUT2D eigenvalue weighted by molar-refractivity contribution is -0.384. The zero-order valence-electron chi connectivity index (χ0n) is 11.5. The van der Waals surface area contributed by atoms with E-state index < -0.39 is 0 Å². The van der Waals surface area contributed by atoms with Crippen LogP contribution in [-0.4, -0.2) is 4.92 Å². The predicted molar refractivity (Wildman–Crippen MR) is 77.5 cm³/mol. The highest BCUT2D eigenvalue weighted by molar-refractivity contribution is 5.39. The SMILES string of the molecule is C=C1[C@@H]2CC3C[C@H]1CC(c1ccc([N+](=O)[O-])cc1)(C3)C2. The first-order valence-electron chi connectivity index (χ1n) is 7.51. The molecule has 3 nitrogen and oxygen atoms in total. The molecule has 4 saturated carbocycles. The number of nitro groups is 1. The minimum absolute atomic E-state index is 0.197. The van der Waals surface area contributed by atoms with E-state index in [1.807, 2.05) is 12.1 Å². The second-order valence-corrected chi connectivity index (χ2v) is 7.00. The lowest BCUT2D eigenvalue weighted by Gasteiger charge is -2.58. The van der Waals surface area contributed by atoms with Crippen LogP contribution in [0, 0.1) is 27.9 Å². The molecule has 4 bridgehead atoms. The highest BCUT2D eigenvalue weighted by atomic mass is 16.6. The zero-order chi connectivity index (χ0) is 13.9. The van der Waals surface area contributed by atoms with E-state index >= 15 is 0 Å². The van der Waals surface area contributed by atoms with Gasteiger partial charge in [0.2, 0.25) is 0 Å². The second-order valence-electron chi connectivity index (χ2n) is 7.00. The van der Waals surface area contributed by atoms with Crippen molar-refractivity contribution in [3.05, 3.63) is 52.1 Å². The Kier molecular flexibility index (Phi) is 2.39. The predicted octanol–water partition coefficient (Wildman–Crippen LogP) is 4.23. The van der Waals surface area contributed by atoms with Crippen molar-refractivity contribution in [2.45, 2.75) is 37.5 Å². The van der Waals surface area contributed by atoms with Gasteiger partial charge in [0.1, 0.15) is 0 Å². The molecule has 104 valence electrons. The molecule has 0 aromatic heterocycles. The minimum atomic E-state index is -0.314. The fourth-order valence-corrected chi connectivity index (χ4v) is 5.17. The normalized spacial score (nSPS) is 38.2. The van der Waals surface area contributed by atoms with Crippen LogP contribution < -0.4 is 0 Å². The van der Waals surface area contributed by atoms with E-state index in [0.29, 0.717) is 11.8 Å². The van der Waals surface area contributed by atoms with Gasteiger partial charge in [-0.1, -0.05) is 24.3 Å². The molecule has 3 heteroatoms. The Labute approximate surface area is 118 Å². The maximum Gasteiger partial charge on any atom is 0.269 e. The molecule has 20 heavy (non-hydrogen) atoms. The number of nitrogens with zero attached hydrogens (tertiary/aromatic N) is 1. The Bertz CT molecular complexity index is 572. The standard InChI is InChI=1S/C17H19NO2/c1-11-13-6-12-7-14(11)10-17(8-12,9-13)15-2-4-16(5-3-15)18(19)20/h2-5,12-14H,1,6-10H2/t12?,13-,14+,17?. The molecule has 1 aromatic rings. The van der Waals surface area contributed by atoms with Gasteiger partial charge in [0.25, 0.3) is 5.69 Å².